The molecular weight excluding hydrogens is 482 g/mol. The number of carbonyl (C=O) groups is 2. The lowest BCUT2D eigenvalue weighted by atomic mass is 10.0. The van der Waals surface area contributed by atoms with Crippen molar-refractivity contribution in [3.8, 4) is 0 Å². The Labute approximate surface area is 220 Å². The maximum absolute atomic E-state index is 12.2. The third-order valence-electron chi connectivity index (χ3n) is 6.71. The topological polar surface area (TPSA) is 118 Å². The zero-order chi connectivity index (χ0) is 26.3. The molecule has 0 saturated carbocycles. The average Bonchev–Trinajstić information content (AvgIpc) is 3.34. The Morgan fingerprint density at radius 1 is 1.08 bits per heavy atom. The normalized spacial score (nSPS) is 13.4. The van der Waals surface area contributed by atoms with Crippen LogP contribution in [-0.4, -0.2) is 44.5 Å². The summed E-state index contributed by atoms with van der Waals surface area (Å²) in [6.45, 7) is 1.03. The second-order valence-electron chi connectivity index (χ2n) is 9.51. The van der Waals surface area contributed by atoms with Crippen LogP contribution in [0.4, 0.5) is 10.6 Å². The van der Waals surface area contributed by atoms with E-state index < -0.39 is 18.1 Å². The number of carboxylic acid groups (broad SMARTS) is 1. The molecular formula is C29H31N5O4. The van der Waals surface area contributed by atoms with E-state index in [4.69, 9.17) is 9.72 Å². The number of hydrogen-bond acceptors (Lipinski definition) is 6. The highest BCUT2D eigenvalue weighted by molar-refractivity contribution is 5.81. The van der Waals surface area contributed by atoms with Gasteiger partial charge in [0.25, 0.3) is 0 Å². The predicted octanol–water partition coefficient (Wildman–Crippen LogP) is 4.34. The van der Waals surface area contributed by atoms with Crippen LogP contribution in [0.1, 0.15) is 35.2 Å². The average molecular weight is 514 g/mol. The number of anilines is 1. The van der Waals surface area contributed by atoms with Crippen LogP contribution in [0, 0.1) is 0 Å². The Balaban J connectivity index is 1.16. The molecule has 0 fully saturated rings. The molecule has 1 aliphatic heterocycles. The molecule has 9 nitrogen and oxygen atoms in total. The number of aliphatic carboxylic acids is 1. The molecule has 38 heavy (non-hydrogen) atoms. The monoisotopic (exact) mass is 513 g/mol. The molecule has 2 aromatic heterocycles. The summed E-state index contributed by atoms with van der Waals surface area (Å²) < 4.78 is 6.77. The number of pyridine rings is 1. The van der Waals surface area contributed by atoms with Gasteiger partial charge in [0.15, 0.2) is 0 Å². The van der Waals surface area contributed by atoms with E-state index in [9.17, 15) is 14.7 Å². The number of alkyl carbamates (subject to hydrolysis) is 1. The van der Waals surface area contributed by atoms with Crippen molar-refractivity contribution in [2.24, 2.45) is 0 Å². The number of amides is 1. The van der Waals surface area contributed by atoms with E-state index in [2.05, 4.69) is 33.9 Å². The highest BCUT2D eigenvalue weighted by Crippen LogP contribution is 2.21. The van der Waals surface area contributed by atoms with Crippen LogP contribution in [0.5, 0.6) is 0 Å². The van der Waals surface area contributed by atoms with Crippen molar-refractivity contribution >= 4 is 28.8 Å². The number of carboxylic acids is 1. The summed E-state index contributed by atoms with van der Waals surface area (Å²) in [6, 6.07) is 18.4. The Morgan fingerprint density at radius 3 is 2.79 bits per heavy atom. The highest BCUT2D eigenvalue weighted by atomic mass is 16.5. The smallest absolute Gasteiger partial charge is 0.408 e. The molecule has 1 atom stereocenters. The fourth-order valence-corrected chi connectivity index (χ4v) is 4.68. The number of carbonyl (C=O) groups excluding carboxylic acids is 1. The van der Waals surface area contributed by atoms with Crippen molar-refractivity contribution in [3.05, 3.63) is 89.2 Å². The van der Waals surface area contributed by atoms with Crippen LogP contribution in [-0.2, 0) is 41.9 Å². The number of fused-ring (bicyclic) bond motifs is 2. The van der Waals surface area contributed by atoms with Gasteiger partial charge in [-0.1, -0.05) is 42.5 Å². The first-order valence-corrected chi connectivity index (χ1v) is 12.9. The lowest BCUT2D eigenvalue weighted by Crippen LogP contribution is -2.44. The van der Waals surface area contributed by atoms with Crippen LogP contribution in [0.25, 0.3) is 10.9 Å². The van der Waals surface area contributed by atoms with E-state index >= 15 is 0 Å². The molecule has 0 saturated heterocycles. The third-order valence-corrected chi connectivity index (χ3v) is 6.71. The summed E-state index contributed by atoms with van der Waals surface area (Å²) in [5, 5.41) is 20.8. The van der Waals surface area contributed by atoms with Gasteiger partial charge in [-0.3, -0.25) is 4.68 Å². The Hall–Kier alpha value is -4.40. The molecule has 0 unspecified atom stereocenters. The van der Waals surface area contributed by atoms with Gasteiger partial charge < -0.3 is 20.5 Å². The summed E-state index contributed by atoms with van der Waals surface area (Å²) in [6.07, 6.45) is 5.96. The van der Waals surface area contributed by atoms with Crippen molar-refractivity contribution < 1.29 is 19.4 Å². The Morgan fingerprint density at radius 2 is 1.95 bits per heavy atom. The number of benzene rings is 2. The number of ether oxygens (including phenoxy) is 1. The van der Waals surface area contributed by atoms with E-state index in [1.807, 2.05) is 42.5 Å². The first-order valence-electron chi connectivity index (χ1n) is 12.9. The maximum Gasteiger partial charge on any atom is 0.408 e. The van der Waals surface area contributed by atoms with Gasteiger partial charge in [-0.05, 0) is 67.0 Å². The van der Waals surface area contributed by atoms with Crippen LogP contribution in [0.2, 0.25) is 0 Å². The Bertz CT molecular complexity index is 1420. The van der Waals surface area contributed by atoms with Crippen molar-refractivity contribution in [1.29, 1.82) is 0 Å². The Kier molecular flexibility index (Phi) is 7.82. The summed E-state index contributed by atoms with van der Waals surface area (Å²) in [5.74, 6) is -0.130. The highest BCUT2D eigenvalue weighted by Gasteiger charge is 2.22. The molecule has 3 N–H and O–H groups in total. The molecule has 9 heteroatoms. The zero-order valence-electron chi connectivity index (χ0n) is 21.1. The van der Waals surface area contributed by atoms with Gasteiger partial charge in [-0.2, -0.15) is 5.10 Å². The first-order chi connectivity index (χ1) is 18.5. The van der Waals surface area contributed by atoms with Crippen LogP contribution in [0.3, 0.4) is 0 Å². The van der Waals surface area contributed by atoms with Crippen molar-refractivity contribution in [2.45, 2.75) is 51.3 Å². The van der Waals surface area contributed by atoms with Gasteiger partial charge in [-0.25, -0.2) is 14.6 Å². The fraction of sp³-hybridized carbons (Fsp3) is 0.310. The second kappa shape index (κ2) is 11.8. The van der Waals surface area contributed by atoms with E-state index in [0.717, 1.165) is 66.6 Å². The van der Waals surface area contributed by atoms with E-state index in [-0.39, 0.29) is 13.2 Å². The summed E-state index contributed by atoms with van der Waals surface area (Å²) in [5.41, 5.74) is 5.21. The van der Waals surface area contributed by atoms with Crippen LogP contribution < -0.4 is 10.6 Å². The molecule has 196 valence electrons. The van der Waals surface area contributed by atoms with Gasteiger partial charge in [-0.15, -0.1) is 0 Å². The molecule has 3 heterocycles. The van der Waals surface area contributed by atoms with Crippen molar-refractivity contribution in [2.75, 3.05) is 11.9 Å². The second-order valence-corrected chi connectivity index (χ2v) is 9.51. The molecule has 0 aliphatic carbocycles. The molecule has 5 rings (SSSR count). The van der Waals surface area contributed by atoms with Gasteiger partial charge in [0, 0.05) is 17.6 Å². The van der Waals surface area contributed by atoms with Gasteiger partial charge in [0.2, 0.25) is 0 Å². The predicted molar refractivity (Wildman–Crippen MR) is 144 cm³/mol. The molecule has 1 amide bonds. The largest absolute Gasteiger partial charge is 0.480 e. The number of aromatic nitrogens is 3. The van der Waals surface area contributed by atoms with Crippen molar-refractivity contribution in [3.63, 3.8) is 0 Å². The number of aryl methyl sites for hydroxylation is 3. The molecule has 0 radical (unpaired) electrons. The molecule has 0 spiro atoms. The quantitative estimate of drug-likeness (QED) is 0.289. The standard InChI is InChI=1S/C29H31N5O4/c35-28(36)25(33-29(37)38-19-21-6-2-1-3-7-21)18-34-26-14-11-20(16-23(26)17-31-34)8-4-10-24-13-12-22-9-5-15-30-27(22)32-24/h1-3,6-7,11-14,16-17,25H,4-5,8-10,15,18-19H2,(H,30,32)(H,33,37)(H,35,36)/t25-/m0/s1. The lowest BCUT2D eigenvalue weighted by Gasteiger charge is -2.17. The third kappa shape index (κ3) is 6.29. The maximum atomic E-state index is 12.2. The van der Waals surface area contributed by atoms with Crippen molar-refractivity contribution in [1.82, 2.24) is 20.1 Å². The molecule has 0 bridgehead atoms. The number of nitrogens with zero attached hydrogens (tertiary/aromatic N) is 3. The SMILES string of the molecule is O=C(N[C@@H](Cn1ncc2cc(CCCc3ccc4c(n3)NCCC4)ccc21)C(=O)O)OCc1ccccc1. The van der Waals surface area contributed by atoms with Gasteiger partial charge >= 0.3 is 12.1 Å². The van der Waals surface area contributed by atoms with Crippen LogP contribution >= 0.6 is 0 Å². The number of rotatable bonds is 10. The molecule has 4 aromatic rings. The summed E-state index contributed by atoms with van der Waals surface area (Å²) in [4.78, 5) is 28.8. The minimum atomic E-state index is -1.18. The minimum Gasteiger partial charge on any atom is -0.480 e. The summed E-state index contributed by atoms with van der Waals surface area (Å²) in [7, 11) is 0. The minimum absolute atomic E-state index is 0.0172. The van der Waals surface area contributed by atoms with Crippen LogP contribution in [0.15, 0.2) is 66.9 Å². The zero-order valence-corrected chi connectivity index (χ0v) is 21.1. The molecule has 1 aliphatic rings. The van der Waals surface area contributed by atoms with Gasteiger partial charge in [0.05, 0.1) is 18.3 Å². The van der Waals surface area contributed by atoms with E-state index in [0.29, 0.717) is 0 Å². The molecule has 2 aromatic carbocycles. The number of nitrogens with one attached hydrogen (secondary N) is 2. The van der Waals surface area contributed by atoms with E-state index in [1.54, 1.807) is 10.9 Å². The van der Waals surface area contributed by atoms with E-state index in [1.165, 1.54) is 11.1 Å². The lowest BCUT2D eigenvalue weighted by molar-refractivity contribution is -0.139. The number of hydrogen-bond donors (Lipinski definition) is 3. The fourth-order valence-electron chi connectivity index (χ4n) is 4.68. The first kappa shape index (κ1) is 25.3. The van der Waals surface area contributed by atoms with Gasteiger partial charge in [0.1, 0.15) is 18.5 Å². The summed E-state index contributed by atoms with van der Waals surface area (Å²) >= 11 is 0.